The van der Waals surface area contributed by atoms with Crippen LogP contribution in [0.3, 0.4) is 0 Å². The normalized spacial score (nSPS) is 21.3. The van der Waals surface area contributed by atoms with Crippen LogP contribution in [0.4, 0.5) is 10.1 Å². The molecule has 0 bridgehead atoms. The summed E-state index contributed by atoms with van der Waals surface area (Å²) in [5, 5.41) is 3.38. The number of nitrogens with zero attached hydrogens (tertiary/aromatic N) is 2. The molecule has 1 N–H and O–H groups in total. The van der Waals surface area contributed by atoms with Gasteiger partial charge in [0.15, 0.2) is 0 Å². The summed E-state index contributed by atoms with van der Waals surface area (Å²) in [5.41, 5.74) is 2.77. The highest BCUT2D eigenvalue weighted by atomic mass is 35.5. The monoisotopic (exact) mass is 473 g/mol. The third-order valence-electron chi connectivity index (χ3n) is 6.41. The van der Waals surface area contributed by atoms with Gasteiger partial charge in [-0.05, 0) is 68.1 Å². The Morgan fingerprint density at radius 2 is 2.06 bits per heavy atom. The van der Waals surface area contributed by atoms with Gasteiger partial charge in [-0.1, -0.05) is 17.7 Å². The number of hydrogen-bond donors (Lipinski definition) is 1. The summed E-state index contributed by atoms with van der Waals surface area (Å²) in [4.78, 5) is 29.6. The number of rotatable bonds is 5. The van der Waals surface area contributed by atoms with Crippen molar-refractivity contribution >= 4 is 29.1 Å². The largest absolute Gasteiger partial charge is 0.368 e. The van der Waals surface area contributed by atoms with Crippen LogP contribution in [0.5, 0.6) is 0 Å². The van der Waals surface area contributed by atoms with Crippen LogP contribution in [-0.2, 0) is 16.1 Å². The Balaban J connectivity index is 1.43. The molecule has 2 aromatic rings. The Morgan fingerprint density at radius 3 is 2.76 bits per heavy atom. The van der Waals surface area contributed by atoms with E-state index in [1.807, 2.05) is 17.9 Å². The first-order valence-corrected chi connectivity index (χ1v) is 11.7. The molecular weight excluding hydrogens is 445 g/mol. The first-order valence-electron chi connectivity index (χ1n) is 11.3. The SMILES string of the molecule is Cc1c(CN2CCN(C(=O)[C@H]3CCCO3)[C@@H](C)C2)cc(Cl)cc1NC(=O)c1cccc(F)c1. The van der Waals surface area contributed by atoms with Gasteiger partial charge in [0.25, 0.3) is 11.8 Å². The Morgan fingerprint density at radius 1 is 1.24 bits per heavy atom. The summed E-state index contributed by atoms with van der Waals surface area (Å²) in [6, 6.07) is 9.27. The second-order valence-corrected chi connectivity index (χ2v) is 9.26. The number of ether oxygens (including phenoxy) is 1. The second kappa shape index (κ2) is 10.2. The second-order valence-electron chi connectivity index (χ2n) is 8.82. The van der Waals surface area contributed by atoms with Gasteiger partial charge in [0.05, 0.1) is 0 Å². The number of halogens is 2. The Kier molecular flexibility index (Phi) is 7.32. The van der Waals surface area contributed by atoms with E-state index in [9.17, 15) is 14.0 Å². The van der Waals surface area contributed by atoms with Crippen LogP contribution in [-0.4, -0.2) is 60.0 Å². The highest BCUT2D eigenvalue weighted by Crippen LogP contribution is 2.28. The molecule has 0 spiro atoms. The zero-order valence-corrected chi connectivity index (χ0v) is 19.7. The minimum absolute atomic E-state index is 0.0853. The molecule has 2 aliphatic rings. The van der Waals surface area contributed by atoms with Crippen LogP contribution >= 0.6 is 11.6 Å². The van der Waals surface area contributed by atoms with Crippen LogP contribution in [0.1, 0.15) is 41.3 Å². The van der Waals surface area contributed by atoms with Gasteiger partial charge in [0.2, 0.25) is 0 Å². The first kappa shape index (κ1) is 23.7. The third-order valence-corrected chi connectivity index (χ3v) is 6.63. The number of piperazine rings is 1. The highest BCUT2D eigenvalue weighted by Gasteiger charge is 2.34. The van der Waals surface area contributed by atoms with Gasteiger partial charge in [-0.3, -0.25) is 14.5 Å². The lowest BCUT2D eigenvalue weighted by molar-refractivity contribution is -0.145. The van der Waals surface area contributed by atoms with E-state index in [1.165, 1.54) is 18.2 Å². The summed E-state index contributed by atoms with van der Waals surface area (Å²) >= 11 is 6.36. The first-order chi connectivity index (χ1) is 15.8. The molecule has 176 valence electrons. The van der Waals surface area contributed by atoms with E-state index in [2.05, 4.69) is 17.1 Å². The maximum Gasteiger partial charge on any atom is 0.255 e. The summed E-state index contributed by atoms with van der Waals surface area (Å²) in [6.07, 6.45) is 1.45. The number of benzene rings is 2. The minimum Gasteiger partial charge on any atom is -0.368 e. The topological polar surface area (TPSA) is 61.9 Å². The van der Waals surface area contributed by atoms with Crippen molar-refractivity contribution in [2.24, 2.45) is 0 Å². The van der Waals surface area contributed by atoms with Gasteiger partial charge in [-0.15, -0.1) is 0 Å². The quantitative estimate of drug-likeness (QED) is 0.705. The number of hydrogen-bond acceptors (Lipinski definition) is 4. The summed E-state index contributed by atoms with van der Waals surface area (Å²) in [5.74, 6) is -0.751. The van der Waals surface area contributed by atoms with Crippen molar-refractivity contribution in [3.63, 3.8) is 0 Å². The lowest BCUT2D eigenvalue weighted by Crippen LogP contribution is -2.55. The lowest BCUT2D eigenvalue weighted by atomic mass is 10.0. The van der Waals surface area contributed by atoms with Crippen molar-refractivity contribution in [3.8, 4) is 0 Å². The standard InChI is InChI=1S/C25H29ClFN3O3/c1-16-14-29(8-9-30(16)25(32)23-7-4-10-33-23)15-19-11-20(26)13-22(17(19)2)28-24(31)18-5-3-6-21(27)12-18/h3,5-6,11-13,16,23H,4,7-10,14-15H2,1-2H3,(H,28,31)/t16-,23+/m0/s1. The van der Waals surface area contributed by atoms with E-state index in [0.717, 1.165) is 37.1 Å². The fourth-order valence-corrected chi connectivity index (χ4v) is 4.80. The fourth-order valence-electron chi connectivity index (χ4n) is 4.56. The molecular formula is C25H29ClFN3O3. The van der Waals surface area contributed by atoms with Crippen LogP contribution in [0.2, 0.25) is 5.02 Å². The van der Waals surface area contributed by atoms with E-state index in [-0.39, 0.29) is 29.5 Å². The summed E-state index contributed by atoms with van der Waals surface area (Å²) < 4.78 is 19.1. The molecule has 0 unspecified atom stereocenters. The molecule has 0 aromatic heterocycles. The van der Waals surface area contributed by atoms with Crippen molar-refractivity contribution in [3.05, 3.63) is 63.9 Å². The Hall–Kier alpha value is -2.48. The van der Waals surface area contributed by atoms with Crippen molar-refractivity contribution in [1.29, 1.82) is 0 Å². The van der Waals surface area contributed by atoms with E-state index in [1.54, 1.807) is 12.1 Å². The molecule has 33 heavy (non-hydrogen) atoms. The molecule has 2 fully saturated rings. The van der Waals surface area contributed by atoms with Crippen LogP contribution < -0.4 is 5.32 Å². The van der Waals surface area contributed by atoms with Gasteiger partial charge in [-0.25, -0.2) is 4.39 Å². The third kappa shape index (κ3) is 5.54. The molecule has 2 aromatic carbocycles. The van der Waals surface area contributed by atoms with E-state index in [0.29, 0.717) is 30.4 Å². The number of carbonyl (C=O) groups excluding carboxylic acids is 2. The van der Waals surface area contributed by atoms with Gasteiger partial charge in [0.1, 0.15) is 11.9 Å². The van der Waals surface area contributed by atoms with Gasteiger partial charge >= 0.3 is 0 Å². The molecule has 2 aliphatic heterocycles. The summed E-state index contributed by atoms with van der Waals surface area (Å²) in [7, 11) is 0. The maximum atomic E-state index is 13.5. The van der Waals surface area contributed by atoms with E-state index >= 15 is 0 Å². The Bertz CT molecular complexity index is 1040. The molecule has 8 heteroatoms. The van der Waals surface area contributed by atoms with Crippen molar-refractivity contribution < 1.29 is 18.7 Å². The number of amides is 2. The average molecular weight is 474 g/mol. The van der Waals surface area contributed by atoms with E-state index < -0.39 is 5.82 Å². The maximum absolute atomic E-state index is 13.5. The average Bonchev–Trinajstić information content (AvgIpc) is 3.31. The molecule has 2 amide bonds. The number of anilines is 1. The van der Waals surface area contributed by atoms with Crippen LogP contribution in [0, 0.1) is 12.7 Å². The molecule has 2 saturated heterocycles. The number of nitrogens with one attached hydrogen (secondary N) is 1. The fraction of sp³-hybridized carbons (Fsp3) is 0.440. The predicted molar refractivity (Wildman–Crippen MR) is 126 cm³/mol. The smallest absolute Gasteiger partial charge is 0.255 e. The summed E-state index contributed by atoms with van der Waals surface area (Å²) in [6.45, 7) is 7.47. The van der Waals surface area contributed by atoms with Crippen molar-refractivity contribution in [2.45, 2.75) is 45.4 Å². The molecule has 0 aliphatic carbocycles. The molecule has 0 radical (unpaired) electrons. The molecule has 0 saturated carbocycles. The van der Waals surface area contributed by atoms with E-state index in [4.69, 9.17) is 16.3 Å². The molecule has 2 heterocycles. The Labute approximate surface area is 198 Å². The van der Waals surface area contributed by atoms with Gasteiger partial charge in [-0.2, -0.15) is 0 Å². The zero-order valence-electron chi connectivity index (χ0n) is 18.9. The molecule has 2 atom stereocenters. The van der Waals surface area contributed by atoms with Crippen LogP contribution in [0.25, 0.3) is 0 Å². The van der Waals surface area contributed by atoms with Gasteiger partial charge < -0.3 is 15.0 Å². The van der Waals surface area contributed by atoms with Gasteiger partial charge in [0, 0.05) is 55.1 Å². The predicted octanol–water partition coefficient (Wildman–Crippen LogP) is 4.25. The van der Waals surface area contributed by atoms with Crippen LogP contribution in [0.15, 0.2) is 36.4 Å². The van der Waals surface area contributed by atoms with Crippen molar-refractivity contribution in [1.82, 2.24) is 9.80 Å². The molecule has 4 rings (SSSR count). The highest BCUT2D eigenvalue weighted by molar-refractivity contribution is 6.31. The molecule has 6 nitrogen and oxygen atoms in total. The zero-order chi connectivity index (χ0) is 23.5. The lowest BCUT2D eigenvalue weighted by Gasteiger charge is -2.41. The minimum atomic E-state index is -0.461. The van der Waals surface area contributed by atoms with Crippen molar-refractivity contribution in [2.75, 3.05) is 31.6 Å². The number of carbonyl (C=O) groups is 2.